The Morgan fingerprint density at radius 3 is 2.80 bits per heavy atom. The lowest BCUT2D eigenvalue weighted by Crippen LogP contribution is -2.20. The lowest BCUT2D eigenvalue weighted by molar-refractivity contribution is -0.118. The summed E-state index contributed by atoms with van der Waals surface area (Å²) in [5, 5.41) is 9.02. The van der Waals surface area contributed by atoms with Crippen molar-refractivity contribution in [3.05, 3.63) is 41.2 Å². The molecule has 8 heteroatoms. The van der Waals surface area contributed by atoms with Crippen LogP contribution in [0, 0.1) is 6.92 Å². The first kappa shape index (κ1) is 17.1. The van der Waals surface area contributed by atoms with Gasteiger partial charge in [0.2, 0.25) is 0 Å². The topological polar surface area (TPSA) is 90.1 Å². The van der Waals surface area contributed by atoms with Gasteiger partial charge in [-0.1, -0.05) is 31.1 Å². The van der Waals surface area contributed by atoms with Crippen LogP contribution in [-0.4, -0.2) is 27.6 Å². The van der Waals surface area contributed by atoms with Crippen LogP contribution in [0.1, 0.15) is 31.3 Å². The van der Waals surface area contributed by atoms with Gasteiger partial charge in [0, 0.05) is 5.38 Å². The zero-order valence-corrected chi connectivity index (χ0v) is 15.0. The first-order valence-electron chi connectivity index (χ1n) is 7.80. The van der Waals surface area contributed by atoms with Gasteiger partial charge in [0.05, 0.1) is 11.3 Å². The Hall–Kier alpha value is -2.74. The van der Waals surface area contributed by atoms with Gasteiger partial charge >= 0.3 is 0 Å². The summed E-state index contributed by atoms with van der Waals surface area (Å²) in [5.41, 5.74) is 1.60. The molecule has 0 saturated carbocycles. The Morgan fingerprint density at radius 1 is 1.32 bits per heavy atom. The second-order valence-corrected chi connectivity index (χ2v) is 6.57. The van der Waals surface area contributed by atoms with Crippen LogP contribution in [0.4, 0.5) is 5.13 Å². The van der Waals surface area contributed by atoms with Gasteiger partial charge in [0.25, 0.3) is 11.8 Å². The quantitative estimate of drug-likeness (QED) is 0.723. The van der Waals surface area contributed by atoms with E-state index in [2.05, 4.69) is 34.3 Å². The highest BCUT2D eigenvalue weighted by molar-refractivity contribution is 7.13. The van der Waals surface area contributed by atoms with Crippen molar-refractivity contribution in [3.8, 4) is 17.2 Å². The number of para-hydroxylation sites is 1. The van der Waals surface area contributed by atoms with E-state index in [0.717, 1.165) is 5.69 Å². The summed E-state index contributed by atoms with van der Waals surface area (Å²) in [7, 11) is 0. The number of ether oxygens (including phenoxy) is 1. The van der Waals surface area contributed by atoms with E-state index >= 15 is 0 Å². The number of hydrogen-bond donors (Lipinski definition) is 1. The van der Waals surface area contributed by atoms with Crippen LogP contribution < -0.4 is 10.1 Å². The number of anilines is 1. The standard InChI is InChI=1S/C17H18N4O3S/c1-10(2)13-9-25-17(19-13)20-15(22)8-23-14-7-5-4-6-12(14)16-18-11(3)21-24-16/h4-7,9-10H,8H2,1-3H3,(H,19,20,22). The van der Waals surface area contributed by atoms with Crippen LogP contribution >= 0.6 is 11.3 Å². The second kappa shape index (κ2) is 7.43. The highest BCUT2D eigenvalue weighted by Gasteiger charge is 2.14. The molecule has 0 unspecified atom stereocenters. The third-order valence-corrected chi connectivity index (χ3v) is 4.14. The molecule has 3 rings (SSSR count). The van der Waals surface area contributed by atoms with Crippen molar-refractivity contribution in [1.29, 1.82) is 0 Å². The molecule has 1 amide bonds. The van der Waals surface area contributed by atoms with Gasteiger partial charge in [-0.25, -0.2) is 4.98 Å². The Kier molecular flexibility index (Phi) is 5.08. The first-order valence-corrected chi connectivity index (χ1v) is 8.68. The Labute approximate surface area is 149 Å². The molecule has 130 valence electrons. The predicted octanol–water partition coefficient (Wildman–Crippen LogP) is 3.64. The second-order valence-electron chi connectivity index (χ2n) is 5.71. The number of hydrogen-bond acceptors (Lipinski definition) is 7. The number of carbonyl (C=O) groups is 1. The number of benzene rings is 1. The fraction of sp³-hybridized carbons (Fsp3) is 0.294. The third kappa shape index (κ3) is 4.21. The molecule has 0 radical (unpaired) electrons. The summed E-state index contributed by atoms with van der Waals surface area (Å²) in [4.78, 5) is 20.7. The first-order chi connectivity index (χ1) is 12.0. The maximum absolute atomic E-state index is 12.1. The number of nitrogens with one attached hydrogen (secondary N) is 1. The van der Waals surface area contributed by atoms with Gasteiger partial charge in [0.15, 0.2) is 17.6 Å². The number of thiazole rings is 1. The molecule has 2 aromatic heterocycles. The van der Waals surface area contributed by atoms with E-state index in [1.165, 1.54) is 11.3 Å². The van der Waals surface area contributed by atoms with Crippen LogP contribution in [0.5, 0.6) is 5.75 Å². The van der Waals surface area contributed by atoms with Crippen molar-refractivity contribution in [2.24, 2.45) is 0 Å². The van der Waals surface area contributed by atoms with Crippen molar-refractivity contribution in [1.82, 2.24) is 15.1 Å². The fourth-order valence-corrected chi connectivity index (χ4v) is 2.97. The smallest absolute Gasteiger partial charge is 0.264 e. The number of aryl methyl sites for hydroxylation is 1. The summed E-state index contributed by atoms with van der Waals surface area (Å²) < 4.78 is 10.8. The van der Waals surface area contributed by atoms with E-state index < -0.39 is 0 Å². The lowest BCUT2D eigenvalue weighted by Gasteiger charge is -2.08. The van der Waals surface area contributed by atoms with Crippen molar-refractivity contribution < 1.29 is 14.1 Å². The molecule has 0 aliphatic heterocycles. The van der Waals surface area contributed by atoms with Crippen molar-refractivity contribution in [3.63, 3.8) is 0 Å². The van der Waals surface area contributed by atoms with Gasteiger partial charge in [-0.05, 0) is 25.0 Å². The summed E-state index contributed by atoms with van der Waals surface area (Å²) in [6, 6.07) is 7.21. The van der Waals surface area contributed by atoms with Gasteiger partial charge in [-0.3, -0.25) is 10.1 Å². The molecule has 0 aliphatic carbocycles. The summed E-state index contributed by atoms with van der Waals surface area (Å²) in [6.07, 6.45) is 0. The van der Waals surface area contributed by atoms with E-state index in [9.17, 15) is 4.79 Å². The molecule has 0 atom stereocenters. The van der Waals surface area contributed by atoms with Crippen LogP contribution in [0.3, 0.4) is 0 Å². The fourth-order valence-electron chi connectivity index (χ4n) is 2.08. The highest BCUT2D eigenvalue weighted by atomic mass is 32.1. The molecule has 0 bridgehead atoms. The summed E-state index contributed by atoms with van der Waals surface area (Å²) in [5.74, 6) is 1.44. The molecular formula is C17H18N4O3S. The Bertz CT molecular complexity index is 872. The monoisotopic (exact) mass is 358 g/mol. The van der Waals surface area contributed by atoms with E-state index in [1.807, 2.05) is 17.5 Å². The molecule has 0 spiro atoms. The van der Waals surface area contributed by atoms with Crippen molar-refractivity contribution in [2.75, 3.05) is 11.9 Å². The molecule has 0 aliphatic rings. The molecule has 1 N–H and O–H groups in total. The molecular weight excluding hydrogens is 340 g/mol. The number of carbonyl (C=O) groups excluding carboxylic acids is 1. The molecule has 25 heavy (non-hydrogen) atoms. The van der Waals surface area contributed by atoms with Crippen molar-refractivity contribution in [2.45, 2.75) is 26.7 Å². The predicted molar refractivity (Wildman–Crippen MR) is 94.8 cm³/mol. The number of rotatable bonds is 6. The zero-order valence-electron chi connectivity index (χ0n) is 14.1. The molecule has 0 saturated heterocycles. The highest BCUT2D eigenvalue weighted by Crippen LogP contribution is 2.28. The van der Waals surface area contributed by atoms with E-state index in [-0.39, 0.29) is 12.5 Å². The van der Waals surface area contributed by atoms with Crippen molar-refractivity contribution >= 4 is 22.4 Å². The van der Waals surface area contributed by atoms with Crippen LogP contribution in [0.2, 0.25) is 0 Å². The number of nitrogens with zero attached hydrogens (tertiary/aromatic N) is 3. The van der Waals surface area contributed by atoms with E-state index in [1.54, 1.807) is 19.1 Å². The molecule has 2 heterocycles. The largest absolute Gasteiger partial charge is 0.483 e. The van der Waals surface area contributed by atoms with Crippen LogP contribution in [0.15, 0.2) is 34.2 Å². The van der Waals surface area contributed by atoms with Gasteiger partial charge < -0.3 is 9.26 Å². The minimum absolute atomic E-state index is 0.138. The average Bonchev–Trinajstić information content (AvgIpc) is 3.22. The van der Waals surface area contributed by atoms with Gasteiger partial charge in [0.1, 0.15) is 5.75 Å². The number of amides is 1. The van der Waals surface area contributed by atoms with E-state index in [4.69, 9.17) is 9.26 Å². The Morgan fingerprint density at radius 2 is 2.12 bits per heavy atom. The SMILES string of the molecule is Cc1noc(-c2ccccc2OCC(=O)Nc2nc(C(C)C)cs2)n1. The molecule has 3 aromatic rings. The number of aromatic nitrogens is 3. The van der Waals surface area contributed by atoms with Gasteiger partial charge in [-0.15, -0.1) is 11.3 Å². The Balaban J connectivity index is 1.64. The van der Waals surface area contributed by atoms with Crippen LogP contribution in [-0.2, 0) is 4.79 Å². The van der Waals surface area contributed by atoms with Gasteiger partial charge in [-0.2, -0.15) is 4.98 Å². The maximum Gasteiger partial charge on any atom is 0.264 e. The summed E-state index contributed by atoms with van der Waals surface area (Å²) >= 11 is 1.40. The molecule has 1 aromatic carbocycles. The maximum atomic E-state index is 12.1. The third-order valence-electron chi connectivity index (χ3n) is 3.36. The van der Waals surface area contributed by atoms with Crippen LogP contribution in [0.25, 0.3) is 11.5 Å². The minimum atomic E-state index is -0.277. The lowest BCUT2D eigenvalue weighted by atomic mass is 10.2. The zero-order chi connectivity index (χ0) is 17.8. The average molecular weight is 358 g/mol. The van der Waals surface area contributed by atoms with E-state index in [0.29, 0.717) is 34.1 Å². The normalized spacial score (nSPS) is 10.9. The molecule has 7 nitrogen and oxygen atoms in total. The molecule has 0 fully saturated rings. The summed E-state index contributed by atoms with van der Waals surface area (Å²) in [6.45, 7) is 5.71. The minimum Gasteiger partial charge on any atom is -0.483 e.